The Labute approximate surface area is 301 Å². The van der Waals surface area contributed by atoms with E-state index in [0.29, 0.717) is 23.3 Å². The van der Waals surface area contributed by atoms with E-state index in [2.05, 4.69) is 0 Å². The number of halogens is 9. The minimum absolute atomic E-state index is 0.149. The standard InChI is InChI=1S/C37H44F9N3O4/c1-8-53-31(51)18-29(35(37(44,45)46)28(39)14-12-24(33(35)40)32-21(4)11-13-26(38)22(32)5)47-34(52)27(16-20(2)3)49-19-23(10-9-15-48(6)7)25(17-30(49)50)36(41,42)43/h11-14,17,19-20,27,29,33H,8-10,15-16,18H2,1-7H3,(H,47,52)/t27?,29-,33?,35?/m0/s1. The monoisotopic (exact) mass is 765 g/mol. The first-order chi connectivity index (χ1) is 24.5. The summed E-state index contributed by atoms with van der Waals surface area (Å²) in [5, 5.41) is 1.98. The SMILES string of the molecule is CCOC(=O)C[C@H](NC(=O)C(CC(C)C)n1cc(CCCN(C)C)c(C(F)(F)F)cc1=O)C1(C(F)(F)F)C(F)=CC=C(c2c(C)ccc(F)c2C)C1F. The summed E-state index contributed by atoms with van der Waals surface area (Å²) in [4.78, 5) is 42.0. The number of aryl methyl sites for hydroxylation is 2. The molecule has 3 unspecified atom stereocenters. The van der Waals surface area contributed by atoms with Crippen molar-refractivity contribution in [2.24, 2.45) is 11.3 Å². The van der Waals surface area contributed by atoms with Gasteiger partial charge >= 0.3 is 18.3 Å². The molecule has 0 radical (unpaired) electrons. The van der Waals surface area contributed by atoms with Crippen LogP contribution in [-0.4, -0.2) is 67.0 Å². The fourth-order valence-corrected chi connectivity index (χ4v) is 6.71. The van der Waals surface area contributed by atoms with Gasteiger partial charge in [0.15, 0.2) is 5.41 Å². The number of allylic oxidation sites excluding steroid dienone is 3. The van der Waals surface area contributed by atoms with Crippen molar-refractivity contribution >= 4 is 17.4 Å². The summed E-state index contributed by atoms with van der Waals surface area (Å²) in [5.74, 6) is -6.29. The molecular weight excluding hydrogens is 721 g/mol. The van der Waals surface area contributed by atoms with Crippen LogP contribution in [0.3, 0.4) is 0 Å². The third-order valence-corrected chi connectivity index (χ3v) is 9.24. The molecule has 1 amide bonds. The number of nitrogens with zero attached hydrogens (tertiary/aromatic N) is 2. The Morgan fingerprint density at radius 1 is 1.06 bits per heavy atom. The molecule has 0 saturated carbocycles. The number of esters is 1. The molecule has 3 rings (SSSR count). The van der Waals surface area contributed by atoms with Crippen molar-refractivity contribution in [1.29, 1.82) is 0 Å². The summed E-state index contributed by atoms with van der Waals surface area (Å²) in [5.41, 5.74) is -8.36. The number of aromatic nitrogens is 1. The van der Waals surface area contributed by atoms with Gasteiger partial charge in [0.25, 0.3) is 5.56 Å². The van der Waals surface area contributed by atoms with E-state index in [4.69, 9.17) is 4.74 Å². The van der Waals surface area contributed by atoms with E-state index >= 15 is 22.0 Å². The molecule has 16 heteroatoms. The molecule has 4 atom stereocenters. The van der Waals surface area contributed by atoms with Crippen LogP contribution in [0.5, 0.6) is 0 Å². The van der Waals surface area contributed by atoms with Gasteiger partial charge in [0, 0.05) is 12.3 Å². The summed E-state index contributed by atoms with van der Waals surface area (Å²) < 4.78 is 142. The van der Waals surface area contributed by atoms with Gasteiger partial charge in [0.05, 0.1) is 24.6 Å². The normalized spacial score (nSPS) is 19.2. The van der Waals surface area contributed by atoms with Crippen molar-refractivity contribution in [3.63, 3.8) is 0 Å². The van der Waals surface area contributed by atoms with Crippen LogP contribution in [0, 0.1) is 31.0 Å². The molecule has 1 aromatic heterocycles. The molecule has 7 nitrogen and oxygen atoms in total. The Morgan fingerprint density at radius 3 is 2.25 bits per heavy atom. The number of hydrogen-bond acceptors (Lipinski definition) is 5. The number of ether oxygens (including phenoxy) is 1. The van der Waals surface area contributed by atoms with E-state index < -0.39 is 88.6 Å². The van der Waals surface area contributed by atoms with Crippen molar-refractivity contribution in [3.8, 4) is 0 Å². The van der Waals surface area contributed by atoms with Crippen molar-refractivity contribution in [1.82, 2.24) is 14.8 Å². The first kappa shape index (κ1) is 43.3. The van der Waals surface area contributed by atoms with Gasteiger partial charge in [-0.1, -0.05) is 26.0 Å². The van der Waals surface area contributed by atoms with Crippen molar-refractivity contribution in [3.05, 3.63) is 86.4 Å². The number of hydrogen-bond donors (Lipinski definition) is 1. The largest absolute Gasteiger partial charge is 0.466 e. The molecular formula is C37H44F9N3O4. The van der Waals surface area contributed by atoms with E-state index in [1.165, 1.54) is 26.8 Å². The summed E-state index contributed by atoms with van der Waals surface area (Å²) in [7, 11) is 3.39. The lowest BCUT2D eigenvalue weighted by Crippen LogP contribution is -2.62. The maximum absolute atomic E-state index is 17.0. The van der Waals surface area contributed by atoms with Crippen LogP contribution in [0.2, 0.25) is 0 Å². The lowest BCUT2D eigenvalue weighted by molar-refractivity contribution is -0.240. The van der Waals surface area contributed by atoms with Gasteiger partial charge in [-0.2, -0.15) is 26.3 Å². The highest BCUT2D eigenvalue weighted by atomic mass is 19.4. The summed E-state index contributed by atoms with van der Waals surface area (Å²) in [6.07, 6.45) is -14.0. The molecule has 0 saturated heterocycles. The first-order valence-corrected chi connectivity index (χ1v) is 17.0. The van der Waals surface area contributed by atoms with Crippen LogP contribution in [0.25, 0.3) is 5.57 Å². The highest BCUT2D eigenvalue weighted by molar-refractivity contribution is 5.83. The fraction of sp³-hybridized carbons (Fsp3) is 0.541. The van der Waals surface area contributed by atoms with E-state index in [0.717, 1.165) is 18.3 Å². The summed E-state index contributed by atoms with van der Waals surface area (Å²) in [6.45, 7) is 7.05. The second-order valence-electron chi connectivity index (χ2n) is 13.8. The average molecular weight is 766 g/mol. The van der Waals surface area contributed by atoms with Gasteiger partial charge in [0.2, 0.25) is 5.91 Å². The molecule has 1 aliphatic carbocycles. The first-order valence-electron chi connectivity index (χ1n) is 17.0. The third-order valence-electron chi connectivity index (χ3n) is 9.24. The zero-order valence-electron chi connectivity index (χ0n) is 30.4. The van der Waals surface area contributed by atoms with Crippen molar-refractivity contribution in [2.45, 2.75) is 90.9 Å². The number of carbonyl (C=O) groups excluding carboxylic acids is 2. The quantitative estimate of drug-likeness (QED) is 0.156. The lowest BCUT2D eigenvalue weighted by atomic mass is 9.66. The molecule has 0 aliphatic heterocycles. The minimum atomic E-state index is -5.87. The van der Waals surface area contributed by atoms with Gasteiger partial charge in [-0.05, 0) is 107 Å². The maximum atomic E-state index is 17.0. The van der Waals surface area contributed by atoms with E-state index in [1.807, 2.05) is 5.32 Å². The van der Waals surface area contributed by atoms with Crippen LogP contribution in [0.4, 0.5) is 39.5 Å². The maximum Gasteiger partial charge on any atom is 0.416 e. The number of alkyl halides is 7. The molecule has 1 heterocycles. The van der Waals surface area contributed by atoms with Crippen LogP contribution < -0.4 is 10.9 Å². The predicted octanol–water partition coefficient (Wildman–Crippen LogP) is 7.98. The molecule has 2 aromatic rings. The highest BCUT2D eigenvalue weighted by Gasteiger charge is 2.70. The number of benzene rings is 1. The Bertz CT molecular complexity index is 1780. The van der Waals surface area contributed by atoms with Gasteiger partial charge in [0.1, 0.15) is 23.9 Å². The summed E-state index contributed by atoms with van der Waals surface area (Å²) >= 11 is 0. The topological polar surface area (TPSA) is 80.6 Å². The molecule has 1 aliphatic rings. The second kappa shape index (κ2) is 16.9. The molecule has 1 N–H and O–H groups in total. The Morgan fingerprint density at radius 2 is 1.70 bits per heavy atom. The van der Waals surface area contributed by atoms with Gasteiger partial charge in [-0.25, -0.2) is 13.2 Å². The zero-order valence-corrected chi connectivity index (χ0v) is 30.4. The molecule has 0 bridgehead atoms. The average Bonchev–Trinajstić information content (AvgIpc) is 3.02. The highest BCUT2D eigenvalue weighted by Crippen LogP contribution is 2.57. The van der Waals surface area contributed by atoms with E-state index in [9.17, 15) is 31.9 Å². The number of pyridine rings is 1. The van der Waals surface area contributed by atoms with Gasteiger partial charge in [-0.3, -0.25) is 14.4 Å². The Kier molecular flexibility index (Phi) is 13.8. The van der Waals surface area contributed by atoms with Crippen molar-refractivity contribution in [2.75, 3.05) is 27.2 Å². The van der Waals surface area contributed by atoms with Gasteiger partial charge in [-0.15, -0.1) is 0 Å². The third kappa shape index (κ3) is 9.36. The smallest absolute Gasteiger partial charge is 0.416 e. The predicted molar refractivity (Wildman–Crippen MR) is 181 cm³/mol. The fourth-order valence-electron chi connectivity index (χ4n) is 6.71. The second-order valence-corrected chi connectivity index (χ2v) is 13.8. The Hall–Kier alpha value is -4.08. The van der Waals surface area contributed by atoms with Crippen molar-refractivity contribution < 1.29 is 53.8 Å². The van der Waals surface area contributed by atoms with Crippen LogP contribution in [-0.2, 0) is 26.9 Å². The number of nitrogens with one attached hydrogen (secondary N) is 1. The van der Waals surface area contributed by atoms with Crippen LogP contribution in [0.15, 0.2) is 47.2 Å². The summed E-state index contributed by atoms with van der Waals surface area (Å²) in [6, 6.07) is -2.05. The van der Waals surface area contributed by atoms with Crippen LogP contribution in [0.1, 0.15) is 73.9 Å². The molecule has 1 aromatic carbocycles. The van der Waals surface area contributed by atoms with E-state index in [1.54, 1.807) is 32.8 Å². The van der Waals surface area contributed by atoms with Gasteiger partial charge < -0.3 is 19.5 Å². The van der Waals surface area contributed by atoms with Crippen LogP contribution >= 0.6 is 0 Å². The van der Waals surface area contributed by atoms with E-state index in [-0.39, 0.29) is 48.1 Å². The number of rotatable bonds is 14. The lowest BCUT2D eigenvalue weighted by Gasteiger charge is -2.45. The minimum Gasteiger partial charge on any atom is -0.466 e. The zero-order chi connectivity index (χ0) is 40.2. The molecule has 0 fully saturated rings. The Balaban J connectivity index is 2.27. The molecule has 0 spiro atoms. The molecule has 53 heavy (non-hydrogen) atoms. The number of amides is 1. The number of carbonyl (C=O) groups is 2. The molecule has 294 valence electrons.